The van der Waals surface area contributed by atoms with Crippen LogP contribution in [-0.2, 0) is 13.0 Å². The van der Waals surface area contributed by atoms with E-state index in [2.05, 4.69) is 33.0 Å². The molecule has 4 heteroatoms. The first kappa shape index (κ1) is 13.0. The van der Waals surface area contributed by atoms with E-state index in [9.17, 15) is 4.79 Å². The van der Waals surface area contributed by atoms with Crippen molar-refractivity contribution in [3.8, 4) is 0 Å². The van der Waals surface area contributed by atoms with Crippen molar-refractivity contribution in [3.63, 3.8) is 0 Å². The molecule has 0 fully saturated rings. The molecule has 2 aromatic rings. The van der Waals surface area contributed by atoms with E-state index in [1.807, 2.05) is 25.1 Å². The SMILES string of the molecule is Cc1ncc(Br)c(=O)n1CCCc1ccccc1. The van der Waals surface area contributed by atoms with Gasteiger partial charge in [0.2, 0.25) is 0 Å². The lowest BCUT2D eigenvalue weighted by molar-refractivity contribution is 0.590. The number of nitrogens with zero attached hydrogens (tertiary/aromatic N) is 2. The predicted octanol–water partition coefficient (Wildman–Crippen LogP) is 2.95. The number of hydrogen-bond donors (Lipinski definition) is 0. The maximum atomic E-state index is 11.9. The van der Waals surface area contributed by atoms with Crippen molar-refractivity contribution >= 4 is 15.9 Å². The van der Waals surface area contributed by atoms with Crippen LogP contribution in [0.1, 0.15) is 17.8 Å². The number of aryl methyl sites for hydroxylation is 2. The van der Waals surface area contributed by atoms with Crippen LogP contribution in [0.3, 0.4) is 0 Å². The number of benzene rings is 1. The second kappa shape index (κ2) is 5.96. The third kappa shape index (κ3) is 3.07. The molecule has 0 atom stereocenters. The summed E-state index contributed by atoms with van der Waals surface area (Å²) in [4.78, 5) is 16.1. The Labute approximate surface area is 115 Å². The third-order valence-corrected chi connectivity index (χ3v) is 3.44. The largest absolute Gasteiger partial charge is 0.296 e. The minimum absolute atomic E-state index is 0.00411. The number of aromatic nitrogens is 2. The Morgan fingerprint density at radius 1 is 1.28 bits per heavy atom. The van der Waals surface area contributed by atoms with Gasteiger partial charge in [0.1, 0.15) is 10.3 Å². The van der Waals surface area contributed by atoms with Gasteiger partial charge in [-0.2, -0.15) is 0 Å². The molecule has 0 saturated carbocycles. The molecule has 0 radical (unpaired) electrons. The number of rotatable bonds is 4. The van der Waals surface area contributed by atoms with Crippen LogP contribution in [0.25, 0.3) is 0 Å². The Bertz CT molecular complexity index is 578. The highest BCUT2D eigenvalue weighted by Crippen LogP contribution is 2.06. The van der Waals surface area contributed by atoms with Crippen LogP contribution in [-0.4, -0.2) is 9.55 Å². The fourth-order valence-electron chi connectivity index (χ4n) is 1.90. The normalized spacial score (nSPS) is 10.6. The molecule has 0 unspecified atom stereocenters. The van der Waals surface area contributed by atoms with Crippen LogP contribution in [0.5, 0.6) is 0 Å². The molecule has 0 aliphatic rings. The summed E-state index contributed by atoms with van der Waals surface area (Å²) in [5, 5.41) is 0. The molecule has 0 saturated heterocycles. The molecule has 0 bridgehead atoms. The van der Waals surface area contributed by atoms with E-state index >= 15 is 0 Å². The Hall–Kier alpha value is -1.42. The zero-order chi connectivity index (χ0) is 13.0. The van der Waals surface area contributed by atoms with E-state index in [1.54, 1.807) is 10.8 Å². The van der Waals surface area contributed by atoms with Crippen LogP contribution < -0.4 is 5.56 Å². The van der Waals surface area contributed by atoms with E-state index in [4.69, 9.17) is 0 Å². The van der Waals surface area contributed by atoms with Crippen molar-refractivity contribution in [3.05, 3.63) is 62.7 Å². The molecule has 0 spiro atoms. The zero-order valence-electron chi connectivity index (χ0n) is 10.3. The van der Waals surface area contributed by atoms with E-state index in [1.165, 1.54) is 5.56 Å². The van der Waals surface area contributed by atoms with Crippen molar-refractivity contribution in [1.82, 2.24) is 9.55 Å². The lowest BCUT2D eigenvalue weighted by atomic mass is 10.1. The lowest BCUT2D eigenvalue weighted by Gasteiger charge is -2.09. The molecule has 94 valence electrons. The average Bonchev–Trinajstić information content (AvgIpc) is 2.39. The molecule has 0 amide bonds. The fraction of sp³-hybridized carbons (Fsp3) is 0.286. The molecule has 0 aliphatic carbocycles. The number of hydrogen-bond acceptors (Lipinski definition) is 2. The van der Waals surface area contributed by atoms with Crippen LogP contribution >= 0.6 is 15.9 Å². The highest BCUT2D eigenvalue weighted by molar-refractivity contribution is 9.10. The summed E-state index contributed by atoms with van der Waals surface area (Å²) < 4.78 is 2.24. The molecule has 0 N–H and O–H groups in total. The first-order valence-electron chi connectivity index (χ1n) is 5.94. The van der Waals surface area contributed by atoms with E-state index in [-0.39, 0.29) is 5.56 Å². The highest BCUT2D eigenvalue weighted by Gasteiger charge is 2.04. The maximum absolute atomic E-state index is 11.9. The summed E-state index contributed by atoms with van der Waals surface area (Å²) in [5.41, 5.74) is 1.29. The maximum Gasteiger partial charge on any atom is 0.267 e. The molecular formula is C14H15BrN2O. The van der Waals surface area contributed by atoms with Gasteiger partial charge in [0, 0.05) is 12.7 Å². The molecule has 1 heterocycles. The Kier molecular flexibility index (Phi) is 4.31. The highest BCUT2D eigenvalue weighted by atomic mass is 79.9. The summed E-state index contributed by atoms with van der Waals surface area (Å²) in [7, 11) is 0. The predicted molar refractivity (Wildman–Crippen MR) is 75.7 cm³/mol. The first-order valence-corrected chi connectivity index (χ1v) is 6.73. The molecule has 3 nitrogen and oxygen atoms in total. The summed E-state index contributed by atoms with van der Waals surface area (Å²) in [6.07, 6.45) is 3.47. The smallest absolute Gasteiger partial charge is 0.267 e. The second-order valence-corrected chi connectivity index (χ2v) is 5.05. The monoisotopic (exact) mass is 306 g/mol. The molecule has 0 aliphatic heterocycles. The second-order valence-electron chi connectivity index (χ2n) is 4.20. The number of halogens is 1. The topological polar surface area (TPSA) is 34.9 Å². The van der Waals surface area contributed by atoms with E-state index in [0.29, 0.717) is 11.0 Å². The molecule has 1 aromatic heterocycles. The van der Waals surface area contributed by atoms with Crippen molar-refractivity contribution in [2.24, 2.45) is 0 Å². The summed E-state index contributed by atoms with van der Waals surface area (Å²) in [5.74, 6) is 0.760. The first-order chi connectivity index (χ1) is 8.68. The van der Waals surface area contributed by atoms with Crippen LogP contribution in [0.2, 0.25) is 0 Å². The van der Waals surface area contributed by atoms with Gasteiger partial charge >= 0.3 is 0 Å². The van der Waals surface area contributed by atoms with Crippen molar-refractivity contribution < 1.29 is 0 Å². The van der Waals surface area contributed by atoms with Gasteiger partial charge in [-0.15, -0.1) is 0 Å². The van der Waals surface area contributed by atoms with Gasteiger partial charge in [-0.05, 0) is 41.3 Å². The van der Waals surface area contributed by atoms with Crippen LogP contribution in [0.15, 0.2) is 45.8 Å². The standard InChI is InChI=1S/C14H15BrN2O/c1-11-16-10-13(15)14(18)17(11)9-5-8-12-6-3-2-4-7-12/h2-4,6-7,10H,5,8-9H2,1H3. The van der Waals surface area contributed by atoms with Crippen molar-refractivity contribution in [2.45, 2.75) is 26.3 Å². The van der Waals surface area contributed by atoms with Gasteiger partial charge in [0.25, 0.3) is 5.56 Å². The average molecular weight is 307 g/mol. The van der Waals surface area contributed by atoms with Crippen LogP contribution in [0, 0.1) is 6.92 Å². The quantitative estimate of drug-likeness (QED) is 0.870. The summed E-state index contributed by atoms with van der Waals surface area (Å²) in [6, 6.07) is 10.3. The van der Waals surface area contributed by atoms with Crippen LogP contribution in [0.4, 0.5) is 0 Å². The van der Waals surface area contributed by atoms with Gasteiger partial charge < -0.3 is 0 Å². The Balaban J connectivity index is 2.03. The fourth-order valence-corrected chi connectivity index (χ4v) is 2.22. The van der Waals surface area contributed by atoms with Crippen molar-refractivity contribution in [1.29, 1.82) is 0 Å². The van der Waals surface area contributed by atoms with E-state index in [0.717, 1.165) is 18.7 Å². The third-order valence-electron chi connectivity index (χ3n) is 2.89. The van der Waals surface area contributed by atoms with Gasteiger partial charge in [0.15, 0.2) is 0 Å². The lowest BCUT2D eigenvalue weighted by Crippen LogP contribution is -2.24. The Morgan fingerprint density at radius 3 is 2.72 bits per heavy atom. The van der Waals surface area contributed by atoms with Gasteiger partial charge in [-0.1, -0.05) is 30.3 Å². The molecule has 18 heavy (non-hydrogen) atoms. The van der Waals surface area contributed by atoms with E-state index < -0.39 is 0 Å². The molecular weight excluding hydrogens is 292 g/mol. The minimum Gasteiger partial charge on any atom is -0.296 e. The van der Waals surface area contributed by atoms with Gasteiger partial charge in [-0.25, -0.2) is 4.98 Å². The minimum atomic E-state index is -0.00411. The van der Waals surface area contributed by atoms with Gasteiger partial charge in [0.05, 0.1) is 0 Å². The van der Waals surface area contributed by atoms with Gasteiger partial charge in [-0.3, -0.25) is 9.36 Å². The summed E-state index contributed by atoms with van der Waals surface area (Å²) >= 11 is 3.22. The van der Waals surface area contributed by atoms with Crippen molar-refractivity contribution in [2.75, 3.05) is 0 Å². The molecule has 2 rings (SSSR count). The Morgan fingerprint density at radius 2 is 2.00 bits per heavy atom. The zero-order valence-corrected chi connectivity index (χ0v) is 11.9. The molecule has 1 aromatic carbocycles. The summed E-state index contributed by atoms with van der Waals surface area (Å²) in [6.45, 7) is 2.56.